The maximum Gasteiger partial charge on any atom is 0.169 e. The molecule has 0 aromatic heterocycles. The zero-order valence-corrected chi connectivity index (χ0v) is 31.0. The molecule has 0 aromatic carbocycles. The standard InChI is InChI=1S/C43H77NO2/c1-4-7-9-11-13-15-17-19-21-23-25-27-29-31-33-35-37-43(45-41-39-44(6-3)40-42(41)46-43)38-36-34-32-30-28-26-24-22-20-18-16-14-12-10-8-5-2/h13-16,19-22,41-42H,4-12,17-18,23-40H2,1-3H3/t41-,42-/m0/s1. The van der Waals surface area contributed by atoms with Crippen molar-refractivity contribution in [2.75, 3.05) is 19.6 Å². The van der Waals surface area contributed by atoms with Gasteiger partial charge in [0.05, 0.1) is 0 Å². The van der Waals surface area contributed by atoms with Crippen LogP contribution in [0, 0.1) is 0 Å². The molecule has 0 aliphatic carbocycles. The predicted octanol–water partition coefficient (Wildman–Crippen LogP) is 13.2. The molecule has 2 saturated heterocycles. The molecule has 46 heavy (non-hydrogen) atoms. The van der Waals surface area contributed by atoms with Crippen molar-refractivity contribution < 1.29 is 9.47 Å². The third-order valence-electron chi connectivity index (χ3n) is 9.99. The van der Waals surface area contributed by atoms with E-state index in [1.54, 1.807) is 0 Å². The Morgan fingerprint density at radius 3 is 1.17 bits per heavy atom. The molecule has 0 aromatic rings. The zero-order chi connectivity index (χ0) is 32.8. The fourth-order valence-electron chi connectivity index (χ4n) is 7.01. The number of likely N-dealkylation sites (tertiary alicyclic amines) is 1. The van der Waals surface area contributed by atoms with E-state index in [1.807, 2.05) is 0 Å². The fraction of sp³-hybridized carbons (Fsp3) is 0.814. The molecular formula is C43H77NO2. The molecule has 0 unspecified atom stereocenters. The lowest BCUT2D eigenvalue weighted by Crippen LogP contribution is -2.35. The van der Waals surface area contributed by atoms with E-state index in [9.17, 15) is 0 Å². The largest absolute Gasteiger partial charge is 0.343 e. The molecule has 2 atom stereocenters. The van der Waals surface area contributed by atoms with Crippen LogP contribution in [0.2, 0.25) is 0 Å². The maximum absolute atomic E-state index is 6.76. The van der Waals surface area contributed by atoms with Crippen LogP contribution in [0.4, 0.5) is 0 Å². The molecule has 0 amide bonds. The molecule has 0 radical (unpaired) electrons. The number of likely N-dealkylation sites (N-methyl/N-ethyl adjacent to an activating group) is 1. The van der Waals surface area contributed by atoms with Gasteiger partial charge in [-0.2, -0.15) is 0 Å². The van der Waals surface area contributed by atoms with Crippen molar-refractivity contribution in [2.45, 2.75) is 206 Å². The summed E-state index contributed by atoms with van der Waals surface area (Å²) in [5.74, 6) is -0.306. The summed E-state index contributed by atoms with van der Waals surface area (Å²) in [4.78, 5) is 2.49. The average molecular weight is 640 g/mol. The van der Waals surface area contributed by atoms with Crippen LogP contribution in [0.3, 0.4) is 0 Å². The van der Waals surface area contributed by atoms with E-state index < -0.39 is 0 Å². The first-order valence-corrected chi connectivity index (χ1v) is 20.4. The van der Waals surface area contributed by atoms with Gasteiger partial charge in [-0.15, -0.1) is 0 Å². The summed E-state index contributed by atoms with van der Waals surface area (Å²) >= 11 is 0. The van der Waals surface area contributed by atoms with Crippen molar-refractivity contribution in [3.8, 4) is 0 Å². The van der Waals surface area contributed by atoms with Gasteiger partial charge in [0.1, 0.15) is 12.2 Å². The van der Waals surface area contributed by atoms with Gasteiger partial charge in [0.25, 0.3) is 0 Å². The van der Waals surface area contributed by atoms with E-state index in [0.717, 1.165) is 45.3 Å². The van der Waals surface area contributed by atoms with Crippen molar-refractivity contribution >= 4 is 0 Å². The Balaban J connectivity index is 1.52. The summed E-state index contributed by atoms with van der Waals surface area (Å²) in [6, 6.07) is 0. The highest BCUT2D eigenvalue weighted by atomic mass is 16.8. The molecule has 266 valence electrons. The predicted molar refractivity (Wildman–Crippen MR) is 203 cm³/mol. The summed E-state index contributed by atoms with van der Waals surface area (Å²) in [6.45, 7) is 10.00. The van der Waals surface area contributed by atoms with E-state index in [-0.39, 0.29) is 18.0 Å². The minimum Gasteiger partial charge on any atom is -0.343 e. The molecular weight excluding hydrogens is 562 g/mol. The van der Waals surface area contributed by atoms with Crippen LogP contribution < -0.4 is 0 Å². The normalized spacial score (nSPS) is 20.1. The van der Waals surface area contributed by atoms with Gasteiger partial charge in [0.2, 0.25) is 0 Å². The second-order valence-corrected chi connectivity index (χ2v) is 14.2. The Kier molecular flexibility index (Phi) is 25.7. The minimum absolute atomic E-state index is 0.286. The number of fused-ring (bicyclic) bond motifs is 1. The molecule has 0 spiro atoms. The van der Waals surface area contributed by atoms with E-state index in [4.69, 9.17) is 9.47 Å². The molecule has 2 fully saturated rings. The van der Waals surface area contributed by atoms with Crippen LogP contribution in [-0.4, -0.2) is 42.5 Å². The van der Waals surface area contributed by atoms with Gasteiger partial charge in [-0.1, -0.05) is 146 Å². The molecule has 2 rings (SSSR count). The van der Waals surface area contributed by atoms with Crippen LogP contribution in [-0.2, 0) is 9.47 Å². The van der Waals surface area contributed by atoms with Gasteiger partial charge in [-0.05, 0) is 83.6 Å². The lowest BCUT2D eigenvalue weighted by molar-refractivity contribution is -0.193. The lowest BCUT2D eigenvalue weighted by Gasteiger charge is -2.30. The van der Waals surface area contributed by atoms with Crippen molar-refractivity contribution in [2.24, 2.45) is 0 Å². The van der Waals surface area contributed by atoms with E-state index in [0.29, 0.717) is 0 Å². The molecule has 2 heterocycles. The van der Waals surface area contributed by atoms with Gasteiger partial charge in [-0.25, -0.2) is 0 Å². The van der Waals surface area contributed by atoms with Gasteiger partial charge in [-0.3, -0.25) is 4.90 Å². The van der Waals surface area contributed by atoms with Gasteiger partial charge in [0.15, 0.2) is 5.79 Å². The number of nitrogens with zero attached hydrogens (tertiary/aromatic N) is 1. The Labute approximate surface area is 287 Å². The quantitative estimate of drug-likeness (QED) is 0.0556. The molecule has 3 nitrogen and oxygen atoms in total. The summed E-state index contributed by atoms with van der Waals surface area (Å²) in [7, 11) is 0. The van der Waals surface area contributed by atoms with Gasteiger partial charge < -0.3 is 9.47 Å². The van der Waals surface area contributed by atoms with Crippen molar-refractivity contribution in [3.05, 3.63) is 48.6 Å². The highest BCUT2D eigenvalue weighted by molar-refractivity contribution is 4.95. The summed E-state index contributed by atoms with van der Waals surface area (Å²) in [5, 5.41) is 0. The first-order valence-electron chi connectivity index (χ1n) is 20.4. The fourth-order valence-corrected chi connectivity index (χ4v) is 7.01. The SMILES string of the molecule is CCCCCC=CCC=CCCCCCCCCC1(CCCCCCCCC=CCC=CCCCCC)O[C@H]2CN(CC)C[C@@H]2O1. The Morgan fingerprint density at radius 2 is 0.804 bits per heavy atom. The van der Waals surface area contributed by atoms with Crippen LogP contribution in [0.1, 0.15) is 188 Å². The van der Waals surface area contributed by atoms with E-state index in [1.165, 1.54) is 141 Å². The summed E-state index contributed by atoms with van der Waals surface area (Å²) in [6.07, 6.45) is 52.7. The second kappa shape index (κ2) is 28.8. The number of unbranched alkanes of at least 4 members (excludes halogenated alkanes) is 18. The average Bonchev–Trinajstić information content (AvgIpc) is 3.60. The first-order chi connectivity index (χ1) is 22.7. The zero-order valence-electron chi connectivity index (χ0n) is 31.0. The monoisotopic (exact) mass is 640 g/mol. The maximum atomic E-state index is 6.76. The number of ether oxygens (including phenoxy) is 2. The molecule has 3 heteroatoms. The van der Waals surface area contributed by atoms with Gasteiger partial charge in [0, 0.05) is 25.9 Å². The lowest BCUT2D eigenvalue weighted by atomic mass is 9.98. The minimum atomic E-state index is -0.306. The Morgan fingerprint density at radius 1 is 0.457 bits per heavy atom. The number of rotatable bonds is 31. The summed E-state index contributed by atoms with van der Waals surface area (Å²) in [5.41, 5.74) is 0. The molecule has 0 saturated carbocycles. The summed E-state index contributed by atoms with van der Waals surface area (Å²) < 4.78 is 13.5. The van der Waals surface area contributed by atoms with Crippen LogP contribution in [0.15, 0.2) is 48.6 Å². The number of hydrogen-bond acceptors (Lipinski definition) is 3. The van der Waals surface area contributed by atoms with Crippen molar-refractivity contribution in [3.63, 3.8) is 0 Å². The Hall–Kier alpha value is -1.16. The molecule has 2 aliphatic heterocycles. The number of hydrogen-bond donors (Lipinski definition) is 0. The smallest absolute Gasteiger partial charge is 0.169 e. The first kappa shape index (κ1) is 41.0. The highest BCUT2D eigenvalue weighted by Gasteiger charge is 2.50. The second-order valence-electron chi connectivity index (χ2n) is 14.2. The molecule has 2 aliphatic rings. The Bertz CT molecular complexity index is 735. The topological polar surface area (TPSA) is 21.7 Å². The molecule has 0 bridgehead atoms. The van der Waals surface area contributed by atoms with Crippen molar-refractivity contribution in [1.82, 2.24) is 4.90 Å². The van der Waals surface area contributed by atoms with E-state index in [2.05, 4.69) is 74.3 Å². The number of allylic oxidation sites excluding steroid dienone is 8. The van der Waals surface area contributed by atoms with Crippen molar-refractivity contribution in [1.29, 1.82) is 0 Å². The van der Waals surface area contributed by atoms with Gasteiger partial charge >= 0.3 is 0 Å². The third-order valence-corrected chi connectivity index (χ3v) is 9.99. The van der Waals surface area contributed by atoms with Crippen LogP contribution >= 0.6 is 0 Å². The molecule has 0 N–H and O–H groups in total. The third kappa shape index (κ3) is 20.3. The van der Waals surface area contributed by atoms with Crippen LogP contribution in [0.25, 0.3) is 0 Å². The van der Waals surface area contributed by atoms with E-state index >= 15 is 0 Å². The highest BCUT2D eigenvalue weighted by Crippen LogP contribution is 2.40. The van der Waals surface area contributed by atoms with Crippen LogP contribution in [0.5, 0.6) is 0 Å².